The highest BCUT2D eigenvalue weighted by atomic mass is 16.5. The summed E-state index contributed by atoms with van der Waals surface area (Å²) in [4.78, 5) is 36.8. The Balaban J connectivity index is 1.54. The van der Waals surface area contributed by atoms with Crippen LogP contribution in [0.1, 0.15) is 27.5 Å². The van der Waals surface area contributed by atoms with Crippen LogP contribution in [-0.2, 0) is 4.74 Å². The molecular formula is C18H23N5O4. The molecule has 0 bridgehead atoms. The van der Waals surface area contributed by atoms with Gasteiger partial charge in [-0.25, -0.2) is 9.97 Å². The van der Waals surface area contributed by atoms with Gasteiger partial charge in [-0.05, 0) is 24.6 Å². The van der Waals surface area contributed by atoms with E-state index in [9.17, 15) is 9.59 Å². The minimum absolute atomic E-state index is 0.156. The number of hydrogen-bond donors (Lipinski definition) is 1. The van der Waals surface area contributed by atoms with Crippen LogP contribution in [0.2, 0.25) is 0 Å². The molecule has 27 heavy (non-hydrogen) atoms. The normalized spacial score (nSPS) is 14.3. The molecular weight excluding hydrogens is 350 g/mol. The summed E-state index contributed by atoms with van der Waals surface area (Å²) in [5.41, 5.74) is 0.338. The van der Waals surface area contributed by atoms with Gasteiger partial charge in [0.05, 0.1) is 6.26 Å². The third-order valence-corrected chi connectivity index (χ3v) is 4.27. The zero-order chi connectivity index (χ0) is 19.1. The fraction of sp³-hybridized carbons (Fsp3) is 0.444. The zero-order valence-corrected chi connectivity index (χ0v) is 15.3. The first-order chi connectivity index (χ1) is 13.2. The van der Waals surface area contributed by atoms with Gasteiger partial charge >= 0.3 is 0 Å². The average molecular weight is 373 g/mol. The fourth-order valence-electron chi connectivity index (χ4n) is 2.81. The fourth-order valence-corrected chi connectivity index (χ4v) is 2.81. The van der Waals surface area contributed by atoms with Crippen LogP contribution in [-0.4, -0.2) is 78.0 Å². The van der Waals surface area contributed by atoms with E-state index in [0.29, 0.717) is 56.7 Å². The number of rotatable bonds is 7. The minimum Gasteiger partial charge on any atom is -0.459 e. The molecule has 1 saturated heterocycles. The van der Waals surface area contributed by atoms with E-state index in [1.54, 1.807) is 41.3 Å². The Kier molecular flexibility index (Phi) is 6.37. The molecule has 9 nitrogen and oxygen atoms in total. The van der Waals surface area contributed by atoms with Crippen molar-refractivity contribution in [2.75, 3.05) is 51.8 Å². The maximum atomic E-state index is 12.7. The molecule has 0 aromatic carbocycles. The third kappa shape index (κ3) is 4.82. The molecule has 2 amide bonds. The van der Waals surface area contributed by atoms with Crippen LogP contribution < -0.4 is 5.32 Å². The van der Waals surface area contributed by atoms with Crippen molar-refractivity contribution in [1.82, 2.24) is 19.8 Å². The maximum Gasteiger partial charge on any atom is 0.289 e. The van der Waals surface area contributed by atoms with Crippen molar-refractivity contribution in [3.63, 3.8) is 0 Å². The lowest BCUT2D eigenvalue weighted by Gasteiger charge is -2.34. The number of aromatic nitrogens is 2. The van der Waals surface area contributed by atoms with E-state index in [2.05, 4.69) is 15.3 Å². The van der Waals surface area contributed by atoms with Crippen molar-refractivity contribution in [3.05, 3.63) is 42.1 Å². The molecule has 1 aliphatic heterocycles. The summed E-state index contributed by atoms with van der Waals surface area (Å²) in [5.74, 6) is 0.414. The monoisotopic (exact) mass is 373 g/mol. The van der Waals surface area contributed by atoms with Crippen LogP contribution in [0.5, 0.6) is 0 Å². The molecule has 0 saturated carbocycles. The molecule has 1 N–H and O–H groups in total. The predicted octanol–water partition coefficient (Wildman–Crippen LogP) is 1.12. The van der Waals surface area contributed by atoms with E-state index < -0.39 is 0 Å². The molecule has 144 valence electrons. The highest BCUT2D eigenvalue weighted by molar-refractivity contribution is 5.93. The highest BCUT2D eigenvalue weighted by Gasteiger charge is 2.27. The van der Waals surface area contributed by atoms with Gasteiger partial charge in [0.15, 0.2) is 5.76 Å². The van der Waals surface area contributed by atoms with E-state index in [-0.39, 0.29) is 11.8 Å². The molecule has 3 heterocycles. The van der Waals surface area contributed by atoms with E-state index in [0.717, 1.165) is 6.42 Å². The summed E-state index contributed by atoms with van der Waals surface area (Å²) in [6.45, 7) is 3.13. The van der Waals surface area contributed by atoms with Crippen LogP contribution in [0.3, 0.4) is 0 Å². The topological polar surface area (TPSA) is 101 Å². The maximum absolute atomic E-state index is 12.7. The number of hydrogen-bond acceptors (Lipinski definition) is 7. The molecule has 2 aromatic rings. The lowest BCUT2D eigenvalue weighted by Crippen LogP contribution is -2.50. The standard InChI is InChI=1S/C18H23N5O4/c1-26-12-3-6-19-18-20-7-5-14(21-18)16(24)22-8-10-23(11-9-22)17(25)15-4-2-13-27-15/h2,4-5,7,13H,3,6,8-12H2,1H3,(H,19,20,21). The van der Waals surface area contributed by atoms with E-state index in [4.69, 9.17) is 9.15 Å². The van der Waals surface area contributed by atoms with Gasteiger partial charge in [-0.3, -0.25) is 9.59 Å². The Labute approximate surface area is 157 Å². The van der Waals surface area contributed by atoms with Gasteiger partial charge in [0.25, 0.3) is 11.8 Å². The van der Waals surface area contributed by atoms with Crippen molar-refractivity contribution in [1.29, 1.82) is 0 Å². The number of piperazine rings is 1. The van der Waals surface area contributed by atoms with Gasteiger partial charge in [0.1, 0.15) is 5.69 Å². The first-order valence-corrected chi connectivity index (χ1v) is 8.87. The van der Waals surface area contributed by atoms with Gasteiger partial charge in [-0.1, -0.05) is 0 Å². The number of anilines is 1. The van der Waals surface area contributed by atoms with Crippen molar-refractivity contribution in [2.45, 2.75) is 6.42 Å². The van der Waals surface area contributed by atoms with Crippen LogP contribution in [0.25, 0.3) is 0 Å². The van der Waals surface area contributed by atoms with E-state index in [1.165, 1.54) is 6.26 Å². The second-order valence-electron chi connectivity index (χ2n) is 6.10. The number of carbonyl (C=O) groups excluding carboxylic acids is 2. The molecule has 1 fully saturated rings. The summed E-state index contributed by atoms with van der Waals surface area (Å²) >= 11 is 0. The van der Waals surface area contributed by atoms with Gasteiger partial charge in [0.2, 0.25) is 5.95 Å². The number of nitrogens with one attached hydrogen (secondary N) is 1. The van der Waals surface area contributed by atoms with Gasteiger partial charge in [-0.2, -0.15) is 0 Å². The van der Waals surface area contributed by atoms with Crippen molar-refractivity contribution >= 4 is 17.8 Å². The molecule has 0 radical (unpaired) electrons. The molecule has 0 aliphatic carbocycles. The Hall–Kier alpha value is -2.94. The Morgan fingerprint density at radius 1 is 1.19 bits per heavy atom. The SMILES string of the molecule is COCCCNc1nccc(C(=O)N2CCN(C(=O)c3ccco3)CC2)n1. The zero-order valence-electron chi connectivity index (χ0n) is 15.3. The quantitative estimate of drug-likeness (QED) is 0.726. The number of furan rings is 1. The van der Waals surface area contributed by atoms with Crippen LogP contribution in [0.4, 0.5) is 5.95 Å². The average Bonchev–Trinajstić information content (AvgIpc) is 3.25. The van der Waals surface area contributed by atoms with Crippen molar-refractivity contribution < 1.29 is 18.7 Å². The number of amides is 2. The molecule has 9 heteroatoms. The van der Waals surface area contributed by atoms with Crippen LogP contribution >= 0.6 is 0 Å². The largest absolute Gasteiger partial charge is 0.459 e. The van der Waals surface area contributed by atoms with Crippen LogP contribution in [0.15, 0.2) is 35.1 Å². The molecule has 0 spiro atoms. The molecule has 0 atom stereocenters. The smallest absolute Gasteiger partial charge is 0.289 e. The highest BCUT2D eigenvalue weighted by Crippen LogP contribution is 2.12. The summed E-state index contributed by atoms with van der Waals surface area (Å²) in [7, 11) is 1.65. The molecule has 3 rings (SSSR count). The first-order valence-electron chi connectivity index (χ1n) is 8.87. The van der Waals surface area contributed by atoms with E-state index >= 15 is 0 Å². The van der Waals surface area contributed by atoms with Crippen LogP contribution in [0, 0.1) is 0 Å². The summed E-state index contributed by atoms with van der Waals surface area (Å²) < 4.78 is 10.1. The van der Waals surface area contributed by atoms with Gasteiger partial charge in [-0.15, -0.1) is 0 Å². The number of ether oxygens (including phenoxy) is 1. The third-order valence-electron chi connectivity index (χ3n) is 4.27. The van der Waals surface area contributed by atoms with Gasteiger partial charge in [0, 0.05) is 52.6 Å². The van der Waals surface area contributed by atoms with Crippen molar-refractivity contribution in [2.24, 2.45) is 0 Å². The molecule has 2 aromatic heterocycles. The second-order valence-corrected chi connectivity index (χ2v) is 6.10. The van der Waals surface area contributed by atoms with Crippen molar-refractivity contribution in [3.8, 4) is 0 Å². The Morgan fingerprint density at radius 3 is 2.59 bits per heavy atom. The lowest BCUT2D eigenvalue weighted by atomic mass is 10.2. The number of carbonyl (C=O) groups is 2. The van der Waals surface area contributed by atoms with Gasteiger partial charge < -0.3 is 24.3 Å². The summed E-state index contributed by atoms with van der Waals surface area (Å²) in [6, 6.07) is 4.92. The second kappa shape index (κ2) is 9.13. The lowest BCUT2D eigenvalue weighted by molar-refractivity contribution is 0.0515. The molecule has 0 unspecified atom stereocenters. The number of nitrogens with zero attached hydrogens (tertiary/aromatic N) is 4. The van der Waals surface area contributed by atoms with E-state index in [1.807, 2.05) is 0 Å². The molecule has 1 aliphatic rings. The minimum atomic E-state index is -0.164. The summed E-state index contributed by atoms with van der Waals surface area (Å²) in [6.07, 6.45) is 3.86. The Bertz CT molecular complexity index is 757. The first kappa shape index (κ1) is 18.8. The Morgan fingerprint density at radius 2 is 1.93 bits per heavy atom. The predicted molar refractivity (Wildman–Crippen MR) is 97.5 cm³/mol. The number of methoxy groups -OCH3 is 1. The summed E-state index contributed by atoms with van der Waals surface area (Å²) in [5, 5.41) is 3.08.